The van der Waals surface area contributed by atoms with Gasteiger partial charge in [-0.25, -0.2) is 4.98 Å². The number of anilines is 1. The fraction of sp³-hybridized carbons (Fsp3) is 0.500. The van der Waals surface area contributed by atoms with Gasteiger partial charge in [-0.3, -0.25) is 9.59 Å². The van der Waals surface area contributed by atoms with Gasteiger partial charge in [-0.1, -0.05) is 13.0 Å². The molecule has 0 aromatic carbocycles. The molecule has 0 spiro atoms. The Morgan fingerprint density at radius 1 is 1.25 bits per heavy atom. The number of carbonyl (C=O) groups is 2. The molecule has 1 aromatic heterocycles. The van der Waals surface area contributed by atoms with Gasteiger partial charge in [-0.05, 0) is 25.1 Å². The van der Waals surface area contributed by atoms with E-state index in [4.69, 9.17) is 0 Å². The van der Waals surface area contributed by atoms with E-state index in [-0.39, 0.29) is 0 Å². The van der Waals surface area contributed by atoms with Gasteiger partial charge in [0.25, 0.3) is 0 Å². The van der Waals surface area contributed by atoms with Crippen molar-refractivity contribution in [3.63, 3.8) is 0 Å². The molecule has 1 aliphatic rings. The summed E-state index contributed by atoms with van der Waals surface area (Å²) >= 11 is 0. The first-order chi connectivity index (χ1) is 9.60. The molecule has 0 aliphatic carbocycles. The van der Waals surface area contributed by atoms with Crippen LogP contribution in [0.4, 0.5) is 5.82 Å². The number of pyridine rings is 1. The molecule has 1 aromatic rings. The number of hydrogen-bond acceptors (Lipinski definition) is 4. The predicted octanol–water partition coefficient (Wildman–Crippen LogP) is 0.493. The number of amides is 2. The zero-order valence-electron chi connectivity index (χ0n) is 11.9. The topological polar surface area (TPSA) is 65.5 Å². The third-order valence-corrected chi connectivity index (χ3v) is 3.45. The van der Waals surface area contributed by atoms with Crippen molar-refractivity contribution >= 4 is 17.6 Å². The highest BCUT2D eigenvalue weighted by molar-refractivity contribution is 6.39. The Hall–Kier alpha value is -1.95. The Labute approximate surface area is 118 Å². The Balaban J connectivity index is 1.89. The number of piperazine rings is 1. The summed E-state index contributed by atoms with van der Waals surface area (Å²) in [5, 5.41) is 2.54. The lowest BCUT2D eigenvalue weighted by atomic mass is 10.3. The van der Waals surface area contributed by atoms with Gasteiger partial charge in [-0.15, -0.1) is 0 Å². The lowest BCUT2D eigenvalue weighted by molar-refractivity contribution is -0.144. The van der Waals surface area contributed by atoms with E-state index in [9.17, 15) is 9.59 Å². The van der Waals surface area contributed by atoms with Gasteiger partial charge in [0, 0.05) is 32.4 Å². The molecular formula is C14H20N4O2. The van der Waals surface area contributed by atoms with Crippen LogP contribution in [-0.2, 0) is 9.59 Å². The molecule has 6 nitrogen and oxygen atoms in total. The number of aryl methyl sites for hydroxylation is 1. The van der Waals surface area contributed by atoms with E-state index < -0.39 is 11.8 Å². The second-order valence-electron chi connectivity index (χ2n) is 4.90. The van der Waals surface area contributed by atoms with Crippen LogP contribution >= 0.6 is 0 Å². The number of hydrogen-bond donors (Lipinski definition) is 1. The molecular weight excluding hydrogens is 256 g/mol. The van der Waals surface area contributed by atoms with Crippen LogP contribution in [0.2, 0.25) is 0 Å². The standard InChI is InChI=1S/C14H20N4O2/c1-3-17-6-8-18(9-7-17)14(20)13(19)16-12-5-4-11(2)10-15-12/h4-5,10H,3,6-9H2,1-2H3,(H,15,16,19). The minimum atomic E-state index is -0.619. The van der Waals surface area contributed by atoms with E-state index in [0.717, 1.165) is 25.2 Å². The summed E-state index contributed by atoms with van der Waals surface area (Å²) in [5.41, 5.74) is 1.00. The van der Waals surface area contributed by atoms with Crippen LogP contribution in [0.15, 0.2) is 18.3 Å². The van der Waals surface area contributed by atoms with Crippen molar-refractivity contribution in [2.24, 2.45) is 0 Å². The maximum Gasteiger partial charge on any atom is 0.315 e. The second kappa shape index (κ2) is 6.47. The van der Waals surface area contributed by atoms with Gasteiger partial charge < -0.3 is 15.1 Å². The van der Waals surface area contributed by atoms with Crippen LogP contribution < -0.4 is 5.32 Å². The molecule has 1 saturated heterocycles. The number of likely N-dealkylation sites (N-methyl/N-ethyl adjacent to an activating group) is 1. The Morgan fingerprint density at radius 2 is 1.95 bits per heavy atom. The Bertz CT molecular complexity index is 478. The maximum absolute atomic E-state index is 12.0. The van der Waals surface area contributed by atoms with E-state index in [1.807, 2.05) is 13.0 Å². The van der Waals surface area contributed by atoms with Crippen LogP contribution in [0.3, 0.4) is 0 Å². The third kappa shape index (κ3) is 3.54. The summed E-state index contributed by atoms with van der Waals surface area (Å²) in [6.45, 7) is 7.81. The number of nitrogens with one attached hydrogen (secondary N) is 1. The maximum atomic E-state index is 12.0. The first-order valence-corrected chi connectivity index (χ1v) is 6.85. The molecule has 0 saturated carbocycles. The highest BCUT2D eigenvalue weighted by atomic mass is 16.2. The average molecular weight is 276 g/mol. The van der Waals surface area contributed by atoms with Crippen LogP contribution in [0.25, 0.3) is 0 Å². The van der Waals surface area contributed by atoms with Crippen molar-refractivity contribution in [3.05, 3.63) is 23.9 Å². The third-order valence-electron chi connectivity index (χ3n) is 3.45. The molecule has 2 rings (SSSR count). The molecule has 0 radical (unpaired) electrons. The summed E-state index contributed by atoms with van der Waals surface area (Å²) in [6.07, 6.45) is 1.65. The lowest BCUT2D eigenvalue weighted by Gasteiger charge is -2.33. The van der Waals surface area contributed by atoms with Gasteiger partial charge in [-0.2, -0.15) is 0 Å². The number of nitrogens with zero attached hydrogens (tertiary/aromatic N) is 3. The summed E-state index contributed by atoms with van der Waals surface area (Å²) < 4.78 is 0. The van der Waals surface area contributed by atoms with Crippen molar-refractivity contribution in [2.75, 3.05) is 38.0 Å². The monoisotopic (exact) mass is 276 g/mol. The summed E-state index contributed by atoms with van der Waals surface area (Å²) in [4.78, 5) is 31.8. The molecule has 0 atom stereocenters. The average Bonchev–Trinajstić information content (AvgIpc) is 2.49. The van der Waals surface area contributed by atoms with Crippen molar-refractivity contribution in [1.82, 2.24) is 14.8 Å². The Morgan fingerprint density at radius 3 is 2.50 bits per heavy atom. The fourth-order valence-corrected chi connectivity index (χ4v) is 2.12. The van der Waals surface area contributed by atoms with Crippen molar-refractivity contribution in [3.8, 4) is 0 Å². The van der Waals surface area contributed by atoms with Crippen LogP contribution in [0.1, 0.15) is 12.5 Å². The lowest BCUT2D eigenvalue weighted by Crippen LogP contribution is -2.51. The highest BCUT2D eigenvalue weighted by Gasteiger charge is 2.25. The zero-order valence-corrected chi connectivity index (χ0v) is 11.9. The number of carbonyl (C=O) groups excluding carboxylic acids is 2. The molecule has 1 fully saturated rings. The smallest absolute Gasteiger partial charge is 0.315 e. The van der Waals surface area contributed by atoms with E-state index >= 15 is 0 Å². The number of aromatic nitrogens is 1. The quantitative estimate of drug-likeness (QED) is 0.799. The van der Waals surface area contributed by atoms with Crippen molar-refractivity contribution in [1.29, 1.82) is 0 Å². The normalized spacial score (nSPS) is 16.0. The van der Waals surface area contributed by atoms with Crippen LogP contribution in [0, 0.1) is 6.92 Å². The molecule has 6 heteroatoms. The van der Waals surface area contributed by atoms with Crippen molar-refractivity contribution in [2.45, 2.75) is 13.8 Å². The molecule has 1 N–H and O–H groups in total. The first-order valence-electron chi connectivity index (χ1n) is 6.85. The molecule has 1 aliphatic heterocycles. The van der Waals surface area contributed by atoms with Crippen LogP contribution in [0.5, 0.6) is 0 Å². The van der Waals surface area contributed by atoms with Crippen molar-refractivity contribution < 1.29 is 9.59 Å². The predicted molar refractivity (Wildman–Crippen MR) is 76.3 cm³/mol. The summed E-state index contributed by atoms with van der Waals surface area (Å²) in [5.74, 6) is -0.699. The van der Waals surface area contributed by atoms with Gasteiger partial charge in [0.2, 0.25) is 0 Å². The fourth-order valence-electron chi connectivity index (χ4n) is 2.12. The minimum Gasteiger partial charge on any atom is -0.332 e. The van der Waals surface area contributed by atoms with E-state index in [2.05, 4.69) is 22.1 Å². The SMILES string of the molecule is CCN1CCN(C(=O)C(=O)Nc2ccc(C)cn2)CC1. The van der Waals surface area contributed by atoms with Gasteiger partial charge in [0.05, 0.1) is 0 Å². The van der Waals surface area contributed by atoms with E-state index in [1.54, 1.807) is 17.2 Å². The van der Waals surface area contributed by atoms with Gasteiger partial charge >= 0.3 is 11.8 Å². The van der Waals surface area contributed by atoms with E-state index in [0.29, 0.717) is 18.9 Å². The number of rotatable bonds is 2. The molecule has 108 valence electrons. The van der Waals surface area contributed by atoms with E-state index in [1.165, 1.54) is 0 Å². The summed E-state index contributed by atoms with van der Waals surface area (Å²) in [7, 11) is 0. The minimum absolute atomic E-state index is 0.404. The molecule has 0 bridgehead atoms. The molecule has 2 amide bonds. The highest BCUT2D eigenvalue weighted by Crippen LogP contribution is 2.06. The van der Waals surface area contributed by atoms with Crippen LogP contribution in [-0.4, -0.2) is 59.3 Å². The van der Waals surface area contributed by atoms with Gasteiger partial charge in [0.1, 0.15) is 5.82 Å². The first kappa shape index (κ1) is 14.5. The molecule has 2 heterocycles. The van der Waals surface area contributed by atoms with Gasteiger partial charge in [0.15, 0.2) is 0 Å². The molecule has 20 heavy (non-hydrogen) atoms. The second-order valence-corrected chi connectivity index (χ2v) is 4.90. The summed E-state index contributed by atoms with van der Waals surface area (Å²) in [6, 6.07) is 3.53. The largest absolute Gasteiger partial charge is 0.332 e. The Kier molecular flexibility index (Phi) is 4.68. The molecule has 0 unspecified atom stereocenters. The zero-order chi connectivity index (χ0) is 14.5.